The molecule has 2 aromatic rings. The fraction of sp³-hybridized carbons (Fsp3) is 0.300. The second-order valence-corrected chi connectivity index (χ2v) is 11.1. The molecular formula is C20H17ClN2O5S2. The number of hydrogen-bond acceptors (Lipinski definition) is 6. The van der Waals surface area contributed by atoms with Crippen molar-refractivity contribution in [3.8, 4) is 11.5 Å². The van der Waals surface area contributed by atoms with Crippen molar-refractivity contribution in [2.24, 2.45) is 4.99 Å². The zero-order valence-corrected chi connectivity index (χ0v) is 18.0. The number of nitrogens with zero attached hydrogens (tertiary/aromatic N) is 2. The van der Waals surface area contributed by atoms with Crippen LogP contribution < -0.4 is 9.47 Å². The highest BCUT2D eigenvalue weighted by Crippen LogP contribution is 2.40. The molecule has 0 aliphatic carbocycles. The molecule has 0 spiro atoms. The van der Waals surface area contributed by atoms with E-state index in [2.05, 4.69) is 4.99 Å². The Morgan fingerprint density at radius 2 is 1.90 bits per heavy atom. The molecular weight excluding hydrogens is 448 g/mol. The number of ether oxygens (including phenoxy) is 2. The molecule has 3 aliphatic rings. The number of amidine groups is 1. The van der Waals surface area contributed by atoms with E-state index < -0.39 is 9.84 Å². The maximum absolute atomic E-state index is 12.7. The van der Waals surface area contributed by atoms with Crippen LogP contribution in [-0.4, -0.2) is 54.0 Å². The Morgan fingerprint density at radius 3 is 2.70 bits per heavy atom. The van der Waals surface area contributed by atoms with Gasteiger partial charge in [0.15, 0.2) is 26.5 Å². The van der Waals surface area contributed by atoms with Gasteiger partial charge in [-0.05, 0) is 42.0 Å². The van der Waals surface area contributed by atoms with E-state index in [1.54, 1.807) is 24.3 Å². The monoisotopic (exact) mass is 464 g/mol. The second-order valence-electron chi connectivity index (χ2n) is 7.32. The first-order valence-electron chi connectivity index (χ1n) is 9.29. The third-order valence-corrected chi connectivity index (χ3v) is 8.75. The van der Waals surface area contributed by atoms with Gasteiger partial charge in [0.1, 0.15) is 0 Å². The van der Waals surface area contributed by atoms with Gasteiger partial charge >= 0.3 is 0 Å². The van der Waals surface area contributed by atoms with E-state index in [-0.39, 0.29) is 35.5 Å². The number of sulfone groups is 1. The van der Waals surface area contributed by atoms with Gasteiger partial charge in [0.2, 0.25) is 6.79 Å². The predicted molar refractivity (Wildman–Crippen MR) is 115 cm³/mol. The van der Waals surface area contributed by atoms with Crippen LogP contribution in [-0.2, 0) is 16.4 Å². The molecule has 2 aromatic carbocycles. The van der Waals surface area contributed by atoms with Crippen molar-refractivity contribution in [3.05, 3.63) is 58.6 Å². The molecule has 7 nitrogen and oxygen atoms in total. The summed E-state index contributed by atoms with van der Waals surface area (Å²) in [5.74, 6) is 1.11. The van der Waals surface area contributed by atoms with E-state index in [0.717, 1.165) is 5.56 Å². The SMILES string of the molecule is O=C(N=C1S[C@H]2CS(=O)(=O)C[C@H]2N1Cc1ccc2c(c1)OCO2)c1ccc(Cl)cc1. The highest BCUT2D eigenvalue weighted by molar-refractivity contribution is 8.15. The Labute approximate surface area is 182 Å². The minimum atomic E-state index is -3.11. The van der Waals surface area contributed by atoms with Gasteiger partial charge in [-0.3, -0.25) is 4.79 Å². The zero-order chi connectivity index (χ0) is 20.9. The summed E-state index contributed by atoms with van der Waals surface area (Å²) in [7, 11) is -3.11. The van der Waals surface area contributed by atoms with Crippen LogP contribution in [0.3, 0.4) is 0 Å². The molecule has 10 heteroatoms. The molecule has 0 bridgehead atoms. The van der Waals surface area contributed by atoms with E-state index in [9.17, 15) is 13.2 Å². The fourth-order valence-corrected chi connectivity index (χ4v) is 7.88. The maximum atomic E-state index is 12.7. The van der Waals surface area contributed by atoms with Crippen molar-refractivity contribution in [1.29, 1.82) is 0 Å². The zero-order valence-electron chi connectivity index (χ0n) is 15.7. The molecule has 3 heterocycles. The maximum Gasteiger partial charge on any atom is 0.279 e. The third-order valence-electron chi connectivity index (χ3n) is 5.25. The molecule has 30 heavy (non-hydrogen) atoms. The normalized spacial score (nSPS) is 25.0. The van der Waals surface area contributed by atoms with Gasteiger partial charge in [-0.2, -0.15) is 4.99 Å². The number of carbonyl (C=O) groups excluding carboxylic acids is 1. The molecule has 3 aliphatic heterocycles. The minimum absolute atomic E-state index is 0.0589. The second kappa shape index (κ2) is 7.47. The van der Waals surface area contributed by atoms with Gasteiger partial charge in [0, 0.05) is 22.4 Å². The van der Waals surface area contributed by atoms with Crippen LogP contribution in [0.25, 0.3) is 0 Å². The summed E-state index contributed by atoms with van der Waals surface area (Å²) in [6.45, 7) is 0.608. The van der Waals surface area contributed by atoms with E-state index in [1.807, 2.05) is 23.1 Å². The first-order valence-corrected chi connectivity index (χ1v) is 12.4. The first kappa shape index (κ1) is 19.7. The molecule has 0 radical (unpaired) electrons. The van der Waals surface area contributed by atoms with E-state index in [4.69, 9.17) is 21.1 Å². The van der Waals surface area contributed by atoms with E-state index in [1.165, 1.54) is 11.8 Å². The van der Waals surface area contributed by atoms with Gasteiger partial charge in [-0.1, -0.05) is 29.4 Å². The standard InChI is InChI=1S/C20H17ClN2O5S2/c21-14-4-2-13(3-5-14)19(24)22-20-23(15-9-30(25,26)10-18(15)29-20)8-12-1-6-16-17(7-12)28-11-27-16/h1-7,15,18H,8-11H2/t15-,18+/m1/s1. The predicted octanol–water partition coefficient (Wildman–Crippen LogP) is 2.98. The lowest BCUT2D eigenvalue weighted by Gasteiger charge is -2.24. The van der Waals surface area contributed by atoms with E-state index >= 15 is 0 Å². The number of carbonyl (C=O) groups is 1. The summed E-state index contributed by atoms with van der Waals surface area (Å²) in [6.07, 6.45) is 0. The average molecular weight is 465 g/mol. The molecule has 0 unspecified atom stereocenters. The lowest BCUT2D eigenvalue weighted by atomic mass is 10.1. The Kier molecular flexibility index (Phi) is 4.91. The lowest BCUT2D eigenvalue weighted by molar-refractivity contribution is 0.100. The Balaban J connectivity index is 1.45. The van der Waals surface area contributed by atoms with Crippen LogP contribution >= 0.6 is 23.4 Å². The average Bonchev–Trinajstić information content (AvgIpc) is 3.36. The van der Waals surface area contributed by atoms with E-state index in [0.29, 0.717) is 33.8 Å². The molecule has 1 amide bonds. The quantitative estimate of drug-likeness (QED) is 0.690. The highest BCUT2D eigenvalue weighted by Gasteiger charge is 2.48. The molecule has 2 fully saturated rings. The van der Waals surface area contributed by atoms with Gasteiger partial charge in [-0.25, -0.2) is 8.42 Å². The molecule has 5 rings (SSSR count). The molecule has 2 atom stereocenters. The van der Waals surface area contributed by atoms with Crippen molar-refractivity contribution < 1.29 is 22.7 Å². The molecule has 0 N–H and O–H groups in total. The number of hydrogen-bond donors (Lipinski definition) is 0. The summed E-state index contributed by atoms with van der Waals surface area (Å²) in [4.78, 5) is 18.9. The summed E-state index contributed by atoms with van der Waals surface area (Å²) in [6, 6.07) is 11.9. The molecule has 0 aromatic heterocycles. The number of aliphatic imine (C=N–C) groups is 1. The van der Waals surface area contributed by atoms with Gasteiger partial charge in [0.05, 0.1) is 17.5 Å². The molecule has 156 valence electrons. The van der Waals surface area contributed by atoms with Crippen molar-refractivity contribution in [2.75, 3.05) is 18.3 Å². The van der Waals surface area contributed by atoms with Gasteiger partial charge in [0.25, 0.3) is 5.91 Å². The molecule has 0 saturated carbocycles. The lowest BCUT2D eigenvalue weighted by Crippen LogP contribution is -2.37. The van der Waals surface area contributed by atoms with Crippen LogP contribution in [0.1, 0.15) is 15.9 Å². The van der Waals surface area contributed by atoms with Crippen molar-refractivity contribution in [1.82, 2.24) is 4.90 Å². The summed E-state index contributed by atoms with van der Waals surface area (Å²) < 4.78 is 35.2. The number of amides is 1. The van der Waals surface area contributed by atoms with Gasteiger partial charge in [-0.15, -0.1) is 0 Å². The summed E-state index contributed by atoms with van der Waals surface area (Å²) in [5, 5.41) is 0.942. The van der Waals surface area contributed by atoms with Crippen molar-refractivity contribution in [2.45, 2.75) is 17.8 Å². The first-order chi connectivity index (χ1) is 14.4. The van der Waals surface area contributed by atoms with Gasteiger partial charge < -0.3 is 14.4 Å². The number of halogens is 1. The topological polar surface area (TPSA) is 85.3 Å². The van der Waals surface area contributed by atoms with Crippen LogP contribution in [0, 0.1) is 0 Å². The Hall–Kier alpha value is -2.23. The van der Waals surface area contributed by atoms with Crippen molar-refractivity contribution in [3.63, 3.8) is 0 Å². The minimum Gasteiger partial charge on any atom is -0.454 e. The van der Waals surface area contributed by atoms with Crippen LogP contribution in [0.15, 0.2) is 47.5 Å². The summed E-state index contributed by atoms with van der Waals surface area (Å²) >= 11 is 7.25. The van der Waals surface area contributed by atoms with Crippen molar-refractivity contribution >= 4 is 44.3 Å². The number of thioether (sulfide) groups is 1. The fourth-order valence-electron chi connectivity index (χ4n) is 3.80. The Bertz CT molecular complexity index is 1150. The van der Waals surface area contributed by atoms with Crippen LogP contribution in [0.5, 0.6) is 11.5 Å². The third kappa shape index (κ3) is 3.77. The van der Waals surface area contributed by atoms with Crippen LogP contribution in [0.2, 0.25) is 5.02 Å². The largest absolute Gasteiger partial charge is 0.454 e. The molecule has 2 saturated heterocycles. The Morgan fingerprint density at radius 1 is 1.13 bits per heavy atom. The smallest absolute Gasteiger partial charge is 0.279 e. The number of rotatable bonds is 3. The summed E-state index contributed by atoms with van der Waals surface area (Å²) in [5.41, 5.74) is 1.36. The van der Waals surface area contributed by atoms with Crippen LogP contribution in [0.4, 0.5) is 0 Å². The number of benzene rings is 2. The highest BCUT2D eigenvalue weighted by atomic mass is 35.5. The number of fused-ring (bicyclic) bond motifs is 2.